The molecule has 36 heavy (non-hydrogen) atoms. The first-order valence-corrected chi connectivity index (χ1v) is 12.8. The monoisotopic (exact) mass is 552 g/mol. The number of fused-ring (bicyclic) bond motifs is 5. The van der Waals surface area contributed by atoms with Crippen molar-refractivity contribution in [3.05, 3.63) is 23.5 Å². The predicted molar refractivity (Wildman–Crippen MR) is 107 cm³/mol. The average Bonchev–Trinajstić information content (AvgIpc) is 3.06. The highest BCUT2D eigenvalue weighted by Gasteiger charge is 2.73. The first kappa shape index (κ1) is 27.3. The van der Waals surface area contributed by atoms with Gasteiger partial charge >= 0.3 is 34.0 Å². The van der Waals surface area contributed by atoms with Crippen molar-refractivity contribution < 1.29 is 57.3 Å². The maximum absolute atomic E-state index is 14.0. The maximum atomic E-state index is 14.0. The molecular formula is C22H24F8O5S. The summed E-state index contributed by atoms with van der Waals surface area (Å²) < 4.78 is 136. The van der Waals surface area contributed by atoms with Crippen LogP contribution in [0.2, 0.25) is 0 Å². The van der Waals surface area contributed by atoms with Gasteiger partial charge in [-0.15, -0.1) is 0 Å². The smallest absolute Gasteiger partial charge is 0.382 e. The van der Waals surface area contributed by atoms with Crippen molar-refractivity contribution in [2.45, 2.75) is 75.8 Å². The quantitative estimate of drug-likeness (QED) is 0.285. The van der Waals surface area contributed by atoms with E-state index >= 15 is 0 Å². The van der Waals surface area contributed by atoms with Gasteiger partial charge in [0.15, 0.2) is 0 Å². The van der Waals surface area contributed by atoms with E-state index in [0.29, 0.717) is 24.8 Å². The lowest BCUT2D eigenvalue weighted by Crippen LogP contribution is -2.53. The van der Waals surface area contributed by atoms with Crippen LogP contribution in [0.25, 0.3) is 0 Å². The Bertz CT molecular complexity index is 1090. The number of allylic oxidation sites excluding steroid dienone is 4. The van der Waals surface area contributed by atoms with Crippen LogP contribution < -0.4 is 0 Å². The Hall–Kier alpha value is -1.70. The van der Waals surface area contributed by atoms with Gasteiger partial charge in [0.1, 0.15) is 11.5 Å². The van der Waals surface area contributed by atoms with Crippen LogP contribution in [-0.2, 0) is 23.8 Å². The second-order valence-corrected chi connectivity index (χ2v) is 11.7. The van der Waals surface area contributed by atoms with Gasteiger partial charge in [-0.1, -0.05) is 13.0 Å². The molecule has 0 N–H and O–H groups in total. The number of Topliss-reactive ketones (excluding diaryl/α,β-unsaturated/α-hetero) is 1. The summed E-state index contributed by atoms with van der Waals surface area (Å²) in [6.07, 6.45) is -11.2. The third kappa shape index (κ3) is 4.25. The van der Waals surface area contributed by atoms with Crippen molar-refractivity contribution in [1.29, 1.82) is 0 Å². The fourth-order valence-corrected chi connectivity index (χ4v) is 7.23. The van der Waals surface area contributed by atoms with Crippen molar-refractivity contribution in [3.63, 3.8) is 0 Å². The maximum Gasteiger partial charge on any atom is 0.471 e. The van der Waals surface area contributed by atoms with E-state index < -0.39 is 39.8 Å². The van der Waals surface area contributed by atoms with E-state index in [2.05, 4.69) is 8.92 Å². The van der Waals surface area contributed by atoms with Crippen molar-refractivity contribution >= 4 is 15.9 Å². The molecule has 204 valence electrons. The Kier molecular flexibility index (Phi) is 6.58. The lowest BCUT2D eigenvalue weighted by Gasteiger charge is -2.50. The Morgan fingerprint density at radius 1 is 1.03 bits per heavy atom. The van der Waals surface area contributed by atoms with E-state index in [1.807, 2.05) is 6.92 Å². The molecule has 0 aliphatic heterocycles. The molecule has 5 atom stereocenters. The topological polar surface area (TPSA) is 69.7 Å². The molecule has 0 amide bonds. The molecular weight excluding hydrogens is 528 g/mol. The molecule has 14 heteroatoms. The van der Waals surface area contributed by atoms with Crippen LogP contribution in [0, 0.1) is 29.1 Å². The van der Waals surface area contributed by atoms with Crippen LogP contribution in [0.5, 0.6) is 0 Å². The summed E-state index contributed by atoms with van der Waals surface area (Å²) in [7, 11) is -6.62. The molecule has 4 rings (SSSR count). The van der Waals surface area contributed by atoms with Crippen molar-refractivity contribution in [2.75, 3.05) is 0 Å². The van der Waals surface area contributed by atoms with E-state index in [1.165, 1.54) is 0 Å². The van der Waals surface area contributed by atoms with Crippen LogP contribution in [-0.4, -0.2) is 38.1 Å². The fourth-order valence-electron chi connectivity index (χ4n) is 6.38. The van der Waals surface area contributed by atoms with Gasteiger partial charge < -0.3 is 4.18 Å². The van der Waals surface area contributed by atoms with Gasteiger partial charge in [-0.05, 0) is 67.4 Å². The minimum absolute atomic E-state index is 0.0749. The van der Waals surface area contributed by atoms with E-state index in [0.717, 1.165) is 18.9 Å². The number of carbonyl (C=O) groups excluding carboxylic acids is 1. The lowest BCUT2D eigenvalue weighted by molar-refractivity contribution is -0.435. The van der Waals surface area contributed by atoms with Gasteiger partial charge in [-0.2, -0.15) is 34.8 Å². The standard InChI is InChI=1S/C22H24F8O5S/c1-19-9-8-14-13-5-3-12(10-11(13)2-4-15(14)16(19)6-7-17(19)31)34-36(32,33)22(29,30)21(27,28)35-20(25,26)18(23)24/h2,10,13-16,18H,3-9H2,1H3/t13-,14+,15+,16-,19-/m0/s1. The van der Waals surface area contributed by atoms with E-state index in [-0.39, 0.29) is 47.7 Å². The second kappa shape index (κ2) is 8.67. The Balaban J connectivity index is 1.52. The van der Waals surface area contributed by atoms with E-state index in [9.17, 15) is 48.3 Å². The Morgan fingerprint density at radius 3 is 2.33 bits per heavy atom. The molecule has 0 radical (unpaired) electrons. The minimum Gasteiger partial charge on any atom is -0.382 e. The number of ether oxygens (including phenoxy) is 1. The summed E-state index contributed by atoms with van der Waals surface area (Å²) in [5.41, 5.74) is 0.204. The third-order valence-electron chi connectivity index (χ3n) is 8.19. The van der Waals surface area contributed by atoms with Gasteiger partial charge in [0.25, 0.3) is 0 Å². The number of ketones is 1. The molecule has 0 saturated heterocycles. The molecule has 0 aromatic rings. The molecule has 5 nitrogen and oxygen atoms in total. The number of halogens is 8. The molecule has 4 aliphatic rings. The molecule has 0 bridgehead atoms. The zero-order valence-corrected chi connectivity index (χ0v) is 19.8. The first-order chi connectivity index (χ1) is 16.4. The predicted octanol–water partition coefficient (Wildman–Crippen LogP) is 6.03. The second-order valence-electron chi connectivity index (χ2n) is 10.1. The number of hydrogen-bond donors (Lipinski definition) is 0. The van der Waals surface area contributed by atoms with Crippen molar-refractivity contribution in [1.82, 2.24) is 0 Å². The SMILES string of the molecule is C[C@]12CC[C@H]3[C@@H](CC=C4C=C(OS(=O)(=O)C(F)(F)C(F)(F)OC(F)(F)C(F)F)CC[C@@H]43)[C@@H]1CCC2=O. The highest BCUT2D eigenvalue weighted by atomic mass is 32.2. The highest BCUT2D eigenvalue weighted by molar-refractivity contribution is 7.88. The molecule has 4 aliphatic carbocycles. The summed E-state index contributed by atoms with van der Waals surface area (Å²) in [5, 5.41) is -6.40. The number of carbonyl (C=O) groups is 1. The third-order valence-corrected chi connectivity index (χ3v) is 9.49. The molecule has 2 saturated carbocycles. The van der Waals surface area contributed by atoms with Crippen LogP contribution in [0.3, 0.4) is 0 Å². The van der Waals surface area contributed by atoms with Crippen LogP contribution in [0.15, 0.2) is 23.5 Å². The summed E-state index contributed by atoms with van der Waals surface area (Å²) in [5.74, 6) is 0.159. The first-order valence-electron chi connectivity index (χ1n) is 11.4. The van der Waals surface area contributed by atoms with Crippen LogP contribution >= 0.6 is 0 Å². The van der Waals surface area contributed by atoms with Gasteiger partial charge in [-0.3, -0.25) is 4.79 Å². The van der Waals surface area contributed by atoms with Crippen LogP contribution in [0.1, 0.15) is 51.9 Å². The molecule has 0 aromatic heterocycles. The molecule has 2 fully saturated rings. The van der Waals surface area contributed by atoms with Crippen LogP contribution in [0.4, 0.5) is 35.1 Å². The van der Waals surface area contributed by atoms with Crippen molar-refractivity contribution in [2.24, 2.45) is 29.1 Å². The van der Waals surface area contributed by atoms with Gasteiger partial charge in [0.2, 0.25) is 0 Å². The summed E-state index contributed by atoms with van der Waals surface area (Å²) in [6.45, 7) is 1.98. The number of rotatable bonds is 7. The summed E-state index contributed by atoms with van der Waals surface area (Å²) in [4.78, 5) is 12.4. The molecule has 0 heterocycles. The summed E-state index contributed by atoms with van der Waals surface area (Å²) >= 11 is 0. The zero-order chi connectivity index (χ0) is 26.9. The highest BCUT2D eigenvalue weighted by Crippen LogP contribution is 2.60. The average molecular weight is 552 g/mol. The number of alkyl halides is 8. The van der Waals surface area contributed by atoms with Gasteiger partial charge in [0.05, 0.1) is 0 Å². The number of hydrogen-bond acceptors (Lipinski definition) is 5. The largest absolute Gasteiger partial charge is 0.471 e. The zero-order valence-electron chi connectivity index (χ0n) is 19.0. The van der Waals surface area contributed by atoms with Crippen molar-refractivity contribution in [3.8, 4) is 0 Å². The van der Waals surface area contributed by atoms with E-state index in [4.69, 9.17) is 0 Å². The minimum atomic E-state index is -6.62. The molecule has 0 aromatic carbocycles. The molecule has 0 spiro atoms. The Labute approximate surface area is 202 Å². The van der Waals surface area contributed by atoms with Gasteiger partial charge in [-0.25, -0.2) is 13.5 Å². The van der Waals surface area contributed by atoms with Gasteiger partial charge in [0, 0.05) is 18.3 Å². The summed E-state index contributed by atoms with van der Waals surface area (Å²) in [6, 6.07) is 0. The fraction of sp³-hybridized carbons (Fsp3) is 0.773. The normalized spacial score (nSPS) is 33.4. The Morgan fingerprint density at radius 2 is 1.69 bits per heavy atom. The lowest BCUT2D eigenvalue weighted by atomic mass is 9.53. The van der Waals surface area contributed by atoms with E-state index in [1.54, 1.807) is 6.08 Å². The molecule has 0 unspecified atom stereocenters.